The topological polar surface area (TPSA) is 124 Å². The lowest BCUT2D eigenvalue weighted by Crippen LogP contribution is -2.40. The zero-order valence-electron chi connectivity index (χ0n) is 28.6. The van der Waals surface area contributed by atoms with Crippen molar-refractivity contribution in [3.8, 4) is 23.0 Å². The number of nitrogens with zero attached hydrogens (tertiary/aromatic N) is 2. The summed E-state index contributed by atoms with van der Waals surface area (Å²) in [6.45, 7) is 7.76. The summed E-state index contributed by atoms with van der Waals surface area (Å²) in [5.41, 5.74) is 2.26. The van der Waals surface area contributed by atoms with Gasteiger partial charge in [0.25, 0.3) is 5.56 Å². The fraction of sp³-hybridized carbons (Fsp3) is 0.297. The van der Waals surface area contributed by atoms with Gasteiger partial charge >= 0.3 is 11.9 Å². The number of thiazole rings is 1. The number of esters is 2. The minimum Gasteiger partial charge on any atom is -0.490 e. The molecule has 268 valence electrons. The standard InChI is InChI=1S/C37H36Cl2N2O9S/c1-6-46-29-15-22(9-13-27(29)49-19-24-10-12-25(38)18-26(24)39)16-31-35(43)41-34(33(36(44)48-8-3)21(4)40-37(41)51-31)23-11-14-28(30(17-23)47-7-2)50-20-32(42)45-5/h9-18,34H,6-8,19-20H2,1-5H3/b31-16-/t34-/m1/s1. The molecule has 5 rings (SSSR count). The summed E-state index contributed by atoms with van der Waals surface area (Å²) in [4.78, 5) is 44.4. The average Bonchev–Trinajstić information content (AvgIpc) is 3.40. The van der Waals surface area contributed by atoms with Gasteiger partial charge in [0.2, 0.25) is 0 Å². The van der Waals surface area contributed by atoms with E-state index in [1.807, 2.05) is 13.0 Å². The molecule has 1 aliphatic rings. The molecular weight excluding hydrogens is 719 g/mol. The van der Waals surface area contributed by atoms with Crippen LogP contribution >= 0.6 is 34.5 Å². The Morgan fingerprint density at radius 3 is 2.27 bits per heavy atom. The van der Waals surface area contributed by atoms with Gasteiger partial charge in [-0.15, -0.1) is 0 Å². The molecule has 0 unspecified atom stereocenters. The largest absolute Gasteiger partial charge is 0.490 e. The van der Waals surface area contributed by atoms with Gasteiger partial charge in [0, 0.05) is 15.6 Å². The smallest absolute Gasteiger partial charge is 0.343 e. The van der Waals surface area contributed by atoms with Crippen LogP contribution in [0, 0.1) is 0 Å². The SMILES string of the molecule is CCOC(=O)C1=C(C)N=c2s/c(=C\c3ccc(OCc4ccc(Cl)cc4Cl)c(OCC)c3)c(=O)n2[C@@H]1c1ccc(OCC(=O)OC)c(OCC)c1. The van der Waals surface area contributed by atoms with Crippen LogP contribution in [0.1, 0.15) is 50.4 Å². The maximum Gasteiger partial charge on any atom is 0.343 e. The van der Waals surface area contributed by atoms with Gasteiger partial charge in [-0.2, -0.15) is 0 Å². The van der Waals surface area contributed by atoms with Crippen LogP contribution in [-0.2, 0) is 25.7 Å². The predicted octanol–water partition coefficient (Wildman–Crippen LogP) is 6.03. The summed E-state index contributed by atoms with van der Waals surface area (Å²) in [6.07, 6.45) is 1.74. The van der Waals surface area contributed by atoms with E-state index in [2.05, 4.69) is 9.73 Å². The van der Waals surface area contributed by atoms with Crippen LogP contribution in [0.4, 0.5) is 0 Å². The number of fused-ring (bicyclic) bond motifs is 1. The summed E-state index contributed by atoms with van der Waals surface area (Å²) >= 11 is 13.6. The van der Waals surface area contributed by atoms with Gasteiger partial charge < -0.3 is 28.4 Å². The molecule has 11 nitrogen and oxygen atoms in total. The van der Waals surface area contributed by atoms with E-state index < -0.39 is 18.0 Å². The first kappa shape index (κ1) is 37.5. The number of aromatic nitrogens is 1. The third-order valence-corrected chi connectivity index (χ3v) is 9.21. The molecular formula is C37H36Cl2N2O9S. The fourth-order valence-electron chi connectivity index (χ4n) is 5.33. The molecule has 1 aromatic heterocycles. The molecule has 0 bridgehead atoms. The first-order valence-corrected chi connectivity index (χ1v) is 17.6. The van der Waals surface area contributed by atoms with Crippen LogP contribution in [0.2, 0.25) is 10.0 Å². The van der Waals surface area contributed by atoms with E-state index in [9.17, 15) is 14.4 Å². The van der Waals surface area contributed by atoms with Crippen LogP contribution < -0.4 is 33.8 Å². The van der Waals surface area contributed by atoms with Crippen molar-refractivity contribution in [2.75, 3.05) is 33.5 Å². The van der Waals surface area contributed by atoms with Crippen molar-refractivity contribution in [3.63, 3.8) is 0 Å². The van der Waals surface area contributed by atoms with Crippen molar-refractivity contribution in [1.29, 1.82) is 0 Å². The predicted molar refractivity (Wildman–Crippen MR) is 194 cm³/mol. The second-order valence-electron chi connectivity index (χ2n) is 11.0. The Morgan fingerprint density at radius 1 is 0.882 bits per heavy atom. The number of carbonyl (C=O) groups excluding carboxylic acids is 2. The molecule has 2 heterocycles. The Bertz CT molecular complexity index is 2160. The monoisotopic (exact) mass is 754 g/mol. The molecule has 4 aromatic rings. The number of rotatable bonds is 14. The van der Waals surface area contributed by atoms with Crippen LogP contribution in [0.15, 0.2) is 75.7 Å². The number of ether oxygens (including phenoxy) is 6. The quantitative estimate of drug-likeness (QED) is 0.142. The molecule has 51 heavy (non-hydrogen) atoms. The molecule has 1 aliphatic heterocycles. The zero-order valence-corrected chi connectivity index (χ0v) is 30.9. The van der Waals surface area contributed by atoms with Crippen LogP contribution in [-0.4, -0.2) is 50.0 Å². The number of allylic oxidation sites excluding steroid dienone is 1. The van der Waals surface area contributed by atoms with Crippen molar-refractivity contribution in [2.24, 2.45) is 4.99 Å². The number of benzene rings is 3. The van der Waals surface area contributed by atoms with E-state index in [0.717, 1.165) is 5.56 Å². The Balaban J connectivity index is 1.56. The van der Waals surface area contributed by atoms with E-state index in [4.69, 9.17) is 46.9 Å². The van der Waals surface area contributed by atoms with Gasteiger partial charge in [-0.25, -0.2) is 14.6 Å². The average molecular weight is 756 g/mol. The number of halogens is 2. The lowest BCUT2D eigenvalue weighted by molar-refractivity contribution is -0.143. The summed E-state index contributed by atoms with van der Waals surface area (Å²) in [5.74, 6) is 0.448. The Labute approximate surface area is 308 Å². The highest BCUT2D eigenvalue weighted by Gasteiger charge is 2.34. The van der Waals surface area contributed by atoms with E-state index in [1.54, 1.807) is 75.4 Å². The molecule has 0 N–H and O–H groups in total. The van der Waals surface area contributed by atoms with Gasteiger partial charge in [-0.1, -0.05) is 52.7 Å². The minimum absolute atomic E-state index is 0.131. The van der Waals surface area contributed by atoms with Crippen LogP contribution in [0.3, 0.4) is 0 Å². The van der Waals surface area contributed by atoms with E-state index in [-0.39, 0.29) is 31.0 Å². The van der Waals surface area contributed by atoms with Crippen LogP contribution in [0.5, 0.6) is 23.0 Å². The molecule has 0 radical (unpaired) electrons. The first-order chi connectivity index (χ1) is 24.6. The van der Waals surface area contributed by atoms with Gasteiger partial charge in [0.1, 0.15) is 6.61 Å². The lowest BCUT2D eigenvalue weighted by Gasteiger charge is -2.25. The molecule has 1 atom stereocenters. The maximum atomic E-state index is 14.2. The van der Waals surface area contributed by atoms with Gasteiger partial charge in [0.05, 0.1) is 48.8 Å². The molecule has 0 fully saturated rings. The molecule has 3 aromatic carbocycles. The van der Waals surface area contributed by atoms with E-state index >= 15 is 0 Å². The Hall–Kier alpha value is -4.78. The van der Waals surface area contributed by atoms with Crippen molar-refractivity contribution in [2.45, 2.75) is 40.3 Å². The highest BCUT2D eigenvalue weighted by molar-refractivity contribution is 7.07. The normalized spacial score (nSPS) is 14.0. The van der Waals surface area contributed by atoms with E-state index in [1.165, 1.54) is 23.0 Å². The van der Waals surface area contributed by atoms with Crippen molar-refractivity contribution in [3.05, 3.63) is 112 Å². The second-order valence-corrected chi connectivity index (χ2v) is 12.8. The number of hydrogen-bond donors (Lipinski definition) is 0. The molecule has 0 aliphatic carbocycles. The molecule has 0 amide bonds. The third-order valence-electron chi connectivity index (χ3n) is 7.64. The second kappa shape index (κ2) is 17.0. The highest BCUT2D eigenvalue weighted by Crippen LogP contribution is 2.37. The summed E-state index contributed by atoms with van der Waals surface area (Å²) in [6, 6.07) is 14.7. The van der Waals surface area contributed by atoms with Gasteiger partial charge in [-0.05, 0) is 81.3 Å². The molecule has 0 saturated heterocycles. The number of methoxy groups -OCH3 is 1. The van der Waals surface area contributed by atoms with Crippen molar-refractivity contribution in [1.82, 2.24) is 4.57 Å². The number of carbonyl (C=O) groups is 2. The highest BCUT2D eigenvalue weighted by atomic mass is 35.5. The van der Waals surface area contributed by atoms with Gasteiger partial charge in [0.15, 0.2) is 34.4 Å². The van der Waals surface area contributed by atoms with Crippen molar-refractivity contribution >= 4 is 52.6 Å². The lowest BCUT2D eigenvalue weighted by atomic mass is 9.95. The molecule has 14 heteroatoms. The number of hydrogen-bond acceptors (Lipinski definition) is 11. The molecule has 0 spiro atoms. The minimum atomic E-state index is -0.897. The zero-order chi connectivity index (χ0) is 36.7. The third kappa shape index (κ3) is 8.58. The Morgan fingerprint density at radius 2 is 1.59 bits per heavy atom. The molecule has 0 saturated carbocycles. The van der Waals surface area contributed by atoms with Gasteiger partial charge in [-0.3, -0.25) is 9.36 Å². The van der Waals surface area contributed by atoms with Crippen LogP contribution in [0.25, 0.3) is 6.08 Å². The van der Waals surface area contributed by atoms with Crippen molar-refractivity contribution < 1.29 is 38.0 Å². The summed E-state index contributed by atoms with van der Waals surface area (Å²) < 4.78 is 35.4. The fourth-order valence-corrected chi connectivity index (χ4v) is 6.84. The maximum absolute atomic E-state index is 14.2. The summed E-state index contributed by atoms with van der Waals surface area (Å²) in [7, 11) is 1.27. The Kier molecular flexibility index (Phi) is 12.5. The first-order valence-electron chi connectivity index (χ1n) is 16.1. The van der Waals surface area contributed by atoms with E-state index in [0.29, 0.717) is 72.4 Å². The summed E-state index contributed by atoms with van der Waals surface area (Å²) in [5, 5.41) is 1.02.